The summed E-state index contributed by atoms with van der Waals surface area (Å²) < 4.78 is 36.1. The summed E-state index contributed by atoms with van der Waals surface area (Å²) in [6.07, 6.45) is 6.59. The van der Waals surface area contributed by atoms with Gasteiger partial charge in [0.1, 0.15) is 6.61 Å². The van der Waals surface area contributed by atoms with Crippen molar-refractivity contribution in [1.82, 2.24) is 0 Å². The van der Waals surface area contributed by atoms with Crippen LogP contribution in [0.15, 0.2) is 0 Å². The summed E-state index contributed by atoms with van der Waals surface area (Å²) in [5.41, 5.74) is 2.93. The normalized spacial score (nSPS) is 13.6. The van der Waals surface area contributed by atoms with Crippen LogP contribution < -0.4 is 0 Å². The highest BCUT2D eigenvalue weighted by atomic mass is 16.7. The number of hydrogen-bond donors (Lipinski definition) is 0. The molecule has 0 aromatic heterocycles. The quantitative estimate of drug-likeness (QED) is 0.0935. The summed E-state index contributed by atoms with van der Waals surface area (Å²) in [4.78, 5) is 45.2. The minimum atomic E-state index is -0.574. The fourth-order valence-electron chi connectivity index (χ4n) is 7.97. The van der Waals surface area contributed by atoms with Crippen LogP contribution in [0.3, 0.4) is 0 Å². The maximum atomic E-state index is 11.5. The van der Waals surface area contributed by atoms with Crippen molar-refractivity contribution >= 4 is 24.1 Å². The van der Waals surface area contributed by atoms with E-state index in [4.69, 9.17) is 33.2 Å². The monoisotopic (exact) mass is 1280 g/mol. The Morgan fingerprint density at radius 1 is 0.303 bits per heavy atom. The van der Waals surface area contributed by atoms with Gasteiger partial charge in [0.15, 0.2) is 6.10 Å². The van der Waals surface area contributed by atoms with E-state index in [1.54, 1.807) is 6.92 Å². The Bertz CT molecular complexity index is 1690. The summed E-state index contributed by atoms with van der Waals surface area (Å²) in [5, 5.41) is 0. The van der Waals surface area contributed by atoms with Crippen LogP contribution in [0.2, 0.25) is 0 Å². The first kappa shape index (κ1) is 100. The molecule has 11 heteroatoms. The fourth-order valence-corrected chi connectivity index (χ4v) is 7.97. The lowest BCUT2D eigenvalue weighted by Crippen LogP contribution is -2.41. The highest BCUT2D eigenvalue weighted by Gasteiger charge is 2.42. The average Bonchev–Trinajstić information content (AvgIpc) is 3.20. The third-order valence-electron chi connectivity index (χ3n) is 12.4. The van der Waals surface area contributed by atoms with E-state index in [0.29, 0.717) is 82.8 Å². The van der Waals surface area contributed by atoms with Gasteiger partial charge in [0, 0.05) is 6.42 Å². The molecule has 11 nitrogen and oxygen atoms in total. The predicted octanol–water partition coefficient (Wildman–Crippen LogP) is 24.0. The molecular formula is C78H162O11. The molecule has 0 bridgehead atoms. The molecule has 0 N–H and O–H groups in total. The van der Waals surface area contributed by atoms with Crippen LogP contribution in [0.4, 0.5) is 4.79 Å². The summed E-state index contributed by atoms with van der Waals surface area (Å²) >= 11 is 0. The second-order valence-electron chi connectivity index (χ2n) is 41.7. The molecule has 0 aliphatic carbocycles. The van der Waals surface area contributed by atoms with Crippen molar-refractivity contribution in [2.45, 2.75) is 374 Å². The van der Waals surface area contributed by atoms with Gasteiger partial charge in [-0.1, -0.05) is 276 Å². The van der Waals surface area contributed by atoms with E-state index in [-0.39, 0.29) is 62.8 Å². The fraction of sp³-hybridized carbons (Fsp3) is 0.949. The van der Waals surface area contributed by atoms with Crippen molar-refractivity contribution in [3.05, 3.63) is 0 Å². The Labute approximate surface area is 557 Å². The highest BCUT2D eigenvalue weighted by Crippen LogP contribution is 2.50. The molecule has 0 aliphatic rings. The second kappa shape index (κ2) is 40.8. The molecule has 0 spiro atoms. The van der Waals surface area contributed by atoms with E-state index in [2.05, 4.69) is 180 Å². The molecule has 1 atom stereocenters. The van der Waals surface area contributed by atoms with E-state index >= 15 is 0 Å². The SMILES string of the molecule is CC(C)(C)C(C)(C)C(C)(C)C.CC(C)(C)CC(C)(C)C.CC(C)(C)CC(C)(C)C.CC(C)(C)CCCCCC(=O)OCC(C)(C)C.CC(C)(C)COC(=O)COC(C)(C)C.CC(C)(C)COC(=O)OCC(C)(C)C.CC(OC(C)(C)C)C(=O)OCC(C)(C)C. The largest absolute Gasteiger partial charge is 0.508 e. The average molecular weight is 1280 g/mol. The van der Waals surface area contributed by atoms with Gasteiger partial charge >= 0.3 is 24.1 Å². The molecule has 1 unspecified atom stereocenters. The van der Waals surface area contributed by atoms with Gasteiger partial charge < -0.3 is 33.2 Å². The number of hydrogen-bond acceptors (Lipinski definition) is 11. The summed E-state index contributed by atoms with van der Waals surface area (Å²) in [6.45, 7) is 98.6. The molecule has 89 heavy (non-hydrogen) atoms. The third kappa shape index (κ3) is 89.8. The summed E-state index contributed by atoms with van der Waals surface area (Å²) in [7, 11) is 0. The van der Waals surface area contributed by atoms with Crippen LogP contribution in [0.5, 0.6) is 0 Å². The van der Waals surface area contributed by atoms with Gasteiger partial charge in [-0.15, -0.1) is 0 Å². The molecule has 0 aromatic carbocycles. The van der Waals surface area contributed by atoms with Crippen LogP contribution >= 0.6 is 0 Å². The Hall–Kier alpha value is -2.40. The van der Waals surface area contributed by atoms with E-state index in [9.17, 15) is 19.2 Å². The molecule has 0 aromatic rings. The minimum absolute atomic E-state index is 0.00286. The predicted molar refractivity (Wildman–Crippen MR) is 386 cm³/mol. The zero-order chi connectivity index (χ0) is 73.5. The number of carbonyl (C=O) groups is 4. The van der Waals surface area contributed by atoms with Crippen LogP contribution in [0.1, 0.15) is 357 Å². The van der Waals surface area contributed by atoms with Crippen molar-refractivity contribution < 1.29 is 52.3 Å². The van der Waals surface area contributed by atoms with Gasteiger partial charge in [-0.3, -0.25) is 4.79 Å². The Balaban J connectivity index is -0.000000178. The number of unbranched alkanes of at least 4 members (excludes halogenated alkanes) is 2. The second-order valence-corrected chi connectivity index (χ2v) is 41.7. The molecule has 540 valence electrons. The van der Waals surface area contributed by atoms with Crippen molar-refractivity contribution in [1.29, 1.82) is 0 Å². The van der Waals surface area contributed by atoms with E-state index in [0.717, 1.165) is 12.8 Å². The first-order valence-electron chi connectivity index (χ1n) is 33.8. The van der Waals surface area contributed by atoms with Crippen LogP contribution in [-0.2, 0) is 47.5 Å². The van der Waals surface area contributed by atoms with E-state index in [1.165, 1.54) is 25.7 Å². The lowest BCUT2D eigenvalue weighted by molar-refractivity contribution is -0.167. The highest BCUT2D eigenvalue weighted by molar-refractivity contribution is 5.74. The number of ether oxygens (including phenoxy) is 7. The first-order valence-corrected chi connectivity index (χ1v) is 33.8. The molecule has 0 heterocycles. The summed E-state index contributed by atoms with van der Waals surface area (Å²) in [5.74, 6) is -0.634. The Morgan fingerprint density at radius 2 is 0.584 bits per heavy atom. The molecule has 0 saturated heterocycles. The topological polar surface area (TPSA) is 133 Å². The van der Waals surface area contributed by atoms with Crippen molar-refractivity contribution in [2.75, 3.05) is 39.6 Å². The van der Waals surface area contributed by atoms with Crippen LogP contribution in [0, 0.1) is 70.4 Å². The van der Waals surface area contributed by atoms with Gasteiger partial charge in [-0.05, 0) is 145 Å². The van der Waals surface area contributed by atoms with Gasteiger partial charge in [0.05, 0.1) is 44.2 Å². The van der Waals surface area contributed by atoms with Crippen LogP contribution in [-0.4, -0.2) is 81.0 Å². The lowest BCUT2D eigenvalue weighted by atomic mass is 9.56. The third-order valence-corrected chi connectivity index (χ3v) is 12.4. The molecular weight excluding hydrogens is 1110 g/mol. The van der Waals surface area contributed by atoms with E-state index < -0.39 is 12.3 Å². The van der Waals surface area contributed by atoms with Crippen LogP contribution in [0.25, 0.3) is 0 Å². The van der Waals surface area contributed by atoms with Gasteiger partial charge in [-0.25, -0.2) is 14.4 Å². The zero-order valence-corrected chi connectivity index (χ0v) is 68.8. The van der Waals surface area contributed by atoms with Gasteiger partial charge in [0.2, 0.25) is 0 Å². The molecule has 0 amide bonds. The molecule has 0 rings (SSSR count). The maximum Gasteiger partial charge on any atom is 0.508 e. The summed E-state index contributed by atoms with van der Waals surface area (Å²) in [6, 6.07) is 0. The van der Waals surface area contributed by atoms with E-state index in [1.807, 2.05) is 125 Å². The minimum Gasteiger partial charge on any atom is -0.465 e. The molecule has 0 saturated carbocycles. The van der Waals surface area contributed by atoms with Crippen molar-refractivity contribution in [3.63, 3.8) is 0 Å². The number of rotatable bonds is 14. The van der Waals surface area contributed by atoms with Crippen molar-refractivity contribution in [3.8, 4) is 0 Å². The number of carbonyl (C=O) groups excluding carboxylic acids is 4. The molecule has 0 aliphatic heterocycles. The smallest absolute Gasteiger partial charge is 0.465 e. The van der Waals surface area contributed by atoms with Gasteiger partial charge in [0.25, 0.3) is 0 Å². The zero-order valence-electron chi connectivity index (χ0n) is 68.8. The lowest BCUT2D eigenvalue weighted by Gasteiger charge is -2.49. The number of esters is 3. The first-order chi connectivity index (χ1) is 38.2. The maximum absolute atomic E-state index is 11.5. The molecule has 0 fully saturated rings. The molecule has 0 radical (unpaired) electrons. The Kier molecular flexibility index (Phi) is 45.9. The standard InChI is InChI=1S/C15H30O2.C12H24O3.2C11H22O3.C11H24.2C9H20/c1-14(2,3)11-9-7-8-10-13(16)17-12-15(4,5)6;1-9(15-12(5,6)7)10(13)14-8-11(2,3)4;1-10(2,3)7-13-9(12)14-8-11(4,5)6;1-10(2,3)8-13-9(12)7-14-11(4,5)6;1-9(2,3)11(7,8)10(4,5)6;2*1-8(2,3)7-9(4,5)6/h7-12H2,1-6H3;9H,8H2,1-7H3;2*7-8H2,1-6H3;1-8H3;2*7H2,1-6H3. The van der Waals surface area contributed by atoms with Gasteiger partial charge in [-0.2, -0.15) is 0 Å². The van der Waals surface area contributed by atoms with Crippen molar-refractivity contribution in [2.24, 2.45) is 70.4 Å². The Morgan fingerprint density at radius 3 is 0.809 bits per heavy atom.